The molecule has 3 fully saturated rings. The van der Waals surface area contributed by atoms with Gasteiger partial charge in [-0.25, -0.2) is 4.79 Å². The van der Waals surface area contributed by atoms with E-state index in [0.29, 0.717) is 0 Å². The molecule has 2 saturated heterocycles. The molecule has 1 saturated carbocycles. The Morgan fingerprint density at radius 1 is 1.38 bits per heavy atom. The minimum atomic E-state index is 0.0110. The maximum atomic E-state index is 12.3. The molecule has 2 heterocycles. The third kappa shape index (κ3) is 3.34. The molecule has 2 atom stereocenters. The van der Waals surface area contributed by atoms with Crippen LogP contribution in [0.25, 0.3) is 0 Å². The van der Waals surface area contributed by atoms with Crippen molar-refractivity contribution in [2.75, 3.05) is 47.0 Å². The van der Waals surface area contributed by atoms with Gasteiger partial charge >= 0.3 is 6.03 Å². The van der Waals surface area contributed by atoms with E-state index >= 15 is 0 Å². The first kappa shape index (κ1) is 15.1. The topological polar surface area (TPSA) is 42.0 Å². The molecule has 1 aliphatic carbocycles. The molecule has 0 aromatic heterocycles. The molecule has 2 unspecified atom stereocenters. The molecule has 0 aromatic carbocycles. The number of nitrogens with zero attached hydrogens (tertiary/aromatic N) is 2. The van der Waals surface area contributed by atoms with Gasteiger partial charge in [-0.3, -0.25) is 0 Å². The smallest absolute Gasteiger partial charge is 0.319 e. The van der Waals surface area contributed by atoms with Crippen LogP contribution in [0.1, 0.15) is 32.1 Å². The van der Waals surface area contributed by atoms with Crippen molar-refractivity contribution in [1.29, 1.82) is 0 Å². The summed E-state index contributed by atoms with van der Waals surface area (Å²) in [4.78, 5) is 15.9. The van der Waals surface area contributed by atoms with Crippen LogP contribution in [0.4, 0.5) is 4.79 Å². The molecule has 5 heteroatoms. The van der Waals surface area contributed by atoms with Crippen LogP contribution in [0.2, 0.25) is 0 Å². The summed E-state index contributed by atoms with van der Waals surface area (Å²) in [6.45, 7) is 4.06. The first-order valence-electron chi connectivity index (χ1n) is 8.26. The van der Waals surface area contributed by atoms with Gasteiger partial charge in [0, 0.05) is 45.8 Å². The molecule has 21 heavy (non-hydrogen) atoms. The Morgan fingerprint density at radius 2 is 2.19 bits per heavy atom. The largest absolute Gasteiger partial charge is 0.380 e. The lowest BCUT2D eigenvalue weighted by atomic mass is 9.73. The van der Waals surface area contributed by atoms with E-state index in [2.05, 4.69) is 0 Å². The number of fused-ring (bicyclic) bond motifs is 1. The molecule has 0 bridgehead atoms. The standard InChI is InChI=1S/C16H28N2O3/c1-17(2)15(19)18-8-6-14-16(11-18,7-3-9-21-14)12-20-10-13-4-5-13/h13-14H,3-12H2,1-2H3. The van der Waals surface area contributed by atoms with Gasteiger partial charge in [0.2, 0.25) is 0 Å². The fraction of sp³-hybridized carbons (Fsp3) is 0.938. The maximum Gasteiger partial charge on any atom is 0.319 e. The van der Waals surface area contributed by atoms with Gasteiger partial charge < -0.3 is 19.3 Å². The van der Waals surface area contributed by atoms with Gasteiger partial charge in [-0.1, -0.05) is 0 Å². The summed E-state index contributed by atoms with van der Waals surface area (Å²) in [5.74, 6) is 0.785. The van der Waals surface area contributed by atoms with Crippen LogP contribution >= 0.6 is 0 Å². The second-order valence-corrected chi connectivity index (χ2v) is 7.17. The predicted octanol–water partition coefficient (Wildman–Crippen LogP) is 1.97. The highest BCUT2D eigenvalue weighted by atomic mass is 16.5. The number of hydrogen-bond donors (Lipinski definition) is 0. The fourth-order valence-corrected chi connectivity index (χ4v) is 3.66. The minimum Gasteiger partial charge on any atom is -0.380 e. The number of carbonyl (C=O) groups is 1. The van der Waals surface area contributed by atoms with Gasteiger partial charge in [0.1, 0.15) is 0 Å². The first-order valence-corrected chi connectivity index (χ1v) is 8.26. The Hall–Kier alpha value is -0.810. The highest BCUT2D eigenvalue weighted by Crippen LogP contribution is 2.41. The first-order chi connectivity index (χ1) is 10.1. The Kier molecular flexibility index (Phi) is 4.41. The van der Waals surface area contributed by atoms with E-state index in [-0.39, 0.29) is 17.6 Å². The van der Waals surface area contributed by atoms with Crippen molar-refractivity contribution in [2.45, 2.75) is 38.2 Å². The summed E-state index contributed by atoms with van der Waals surface area (Å²) in [5.41, 5.74) is 0.0110. The highest BCUT2D eigenvalue weighted by molar-refractivity contribution is 5.74. The van der Waals surface area contributed by atoms with Crippen LogP contribution in [-0.4, -0.2) is 68.9 Å². The molecule has 2 aliphatic heterocycles. The highest BCUT2D eigenvalue weighted by Gasteiger charge is 2.47. The van der Waals surface area contributed by atoms with E-state index in [0.717, 1.165) is 58.1 Å². The number of hydrogen-bond acceptors (Lipinski definition) is 3. The molecule has 0 N–H and O–H groups in total. The molecule has 0 aromatic rings. The maximum absolute atomic E-state index is 12.3. The SMILES string of the molecule is CN(C)C(=O)N1CCC2OCCCC2(COCC2CC2)C1. The molecule has 0 spiro atoms. The molecular formula is C16H28N2O3. The molecule has 3 rings (SSSR count). The average Bonchev–Trinajstić information content (AvgIpc) is 3.30. The van der Waals surface area contributed by atoms with Gasteiger partial charge in [0.05, 0.1) is 12.7 Å². The number of likely N-dealkylation sites (tertiary alicyclic amines) is 1. The monoisotopic (exact) mass is 296 g/mol. The van der Waals surface area contributed by atoms with Crippen molar-refractivity contribution in [1.82, 2.24) is 9.80 Å². The zero-order valence-corrected chi connectivity index (χ0v) is 13.3. The van der Waals surface area contributed by atoms with Crippen LogP contribution in [0.15, 0.2) is 0 Å². The van der Waals surface area contributed by atoms with Crippen LogP contribution in [0.3, 0.4) is 0 Å². The van der Waals surface area contributed by atoms with Crippen molar-refractivity contribution < 1.29 is 14.3 Å². The van der Waals surface area contributed by atoms with Crippen LogP contribution in [0, 0.1) is 11.3 Å². The van der Waals surface area contributed by atoms with E-state index in [4.69, 9.17) is 9.47 Å². The van der Waals surface area contributed by atoms with Crippen LogP contribution < -0.4 is 0 Å². The number of rotatable bonds is 4. The van der Waals surface area contributed by atoms with Gasteiger partial charge in [-0.2, -0.15) is 0 Å². The summed E-state index contributed by atoms with van der Waals surface area (Å²) in [6, 6.07) is 0.112. The summed E-state index contributed by atoms with van der Waals surface area (Å²) in [6.07, 6.45) is 6.02. The fourth-order valence-electron chi connectivity index (χ4n) is 3.66. The second-order valence-electron chi connectivity index (χ2n) is 7.17. The Labute approximate surface area is 127 Å². The van der Waals surface area contributed by atoms with Crippen molar-refractivity contribution in [2.24, 2.45) is 11.3 Å². The molecule has 5 nitrogen and oxygen atoms in total. The number of piperidine rings is 1. The predicted molar refractivity (Wildman–Crippen MR) is 80.2 cm³/mol. The quantitative estimate of drug-likeness (QED) is 0.796. The zero-order chi connectivity index (χ0) is 14.9. The molecule has 2 amide bonds. The van der Waals surface area contributed by atoms with E-state index < -0.39 is 0 Å². The second kappa shape index (κ2) is 6.13. The van der Waals surface area contributed by atoms with Crippen molar-refractivity contribution in [3.63, 3.8) is 0 Å². The lowest BCUT2D eigenvalue weighted by Crippen LogP contribution is -2.59. The molecular weight excluding hydrogens is 268 g/mol. The van der Waals surface area contributed by atoms with Gasteiger partial charge in [0.25, 0.3) is 0 Å². The lowest BCUT2D eigenvalue weighted by Gasteiger charge is -2.50. The molecule has 3 aliphatic rings. The number of carbonyl (C=O) groups excluding carboxylic acids is 1. The van der Waals surface area contributed by atoms with E-state index in [1.165, 1.54) is 12.8 Å². The van der Waals surface area contributed by atoms with Crippen molar-refractivity contribution >= 4 is 6.03 Å². The minimum absolute atomic E-state index is 0.0110. The van der Waals surface area contributed by atoms with E-state index in [9.17, 15) is 4.79 Å². The average molecular weight is 296 g/mol. The number of amides is 2. The van der Waals surface area contributed by atoms with E-state index in [1.807, 2.05) is 19.0 Å². The van der Waals surface area contributed by atoms with Crippen LogP contribution in [-0.2, 0) is 9.47 Å². The Morgan fingerprint density at radius 3 is 2.90 bits per heavy atom. The van der Waals surface area contributed by atoms with Gasteiger partial charge in [0.15, 0.2) is 0 Å². The number of ether oxygens (including phenoxy) is 2. The molecule has 120 valence electrons. The van der Waals surface area contributed by atoms with Crippen molar-refractivity contribution in [3.05, 3.63) is 0 Å². The Balaban J connectivity index is 1.65. The van der Waals surface area contributed by atoms with Gasteiger partial charge in [-0.15, -0.1) is 0 Å². The molecule has 0 radical (unpaired) electrons. The third-order valence-corrected chi connectivity index (χ3v) is 5.08. The summed E-state index contributed by atoms with van der Waals surface area (Å²) < 4.78 is 12.0. The summed E-state index contributed by atoms with van der Waals surface area (Å²) in [5, 5.41) is 0. The third-order valence-electron chi connectivity index (χ3n) is 5.08. The van der Waals surface area contributed by atoms with E-state index in [1.54, 1.807) is 4.90 Å². The summed E-state index contributed by atoms with van der Waals surface area (Å²) >= 11 is 0. The Bertz CT molecular complexity index is 384. The lowest BCUT2D eigenvalue weighted by molar-refractivity contribution is -0.147. The van der Waals surface area contributed by atoms with Crippen LogP contribution in [0.5, 0.6) is 0 Å². The summed E-state index contributed by atoms with van der Waals surface area (Å²) in [7, 11) is 3.64. The number of urea groups is 1. The normalized spacial score (nSPS) is 32.7. The van der Waals surface area contributed by atoms with Crippen molar-refractivity contribution in [3.8, 4) is 0 Å². The zero-order valence-electron chi connectivity index (χ0n) is 13.3. The van der Waals surface area contributed by atoms with Gasteiger partial charge in [-0.05, 0) is 38.0 Å².